The van der Waals surface area contributed by atoms with E-state index in [1.165, 1.54) is 5.56 Å². The summed E-state index contributed by atoms with van der Waals surface area (Å²) in [6.45, 7) is 2.52. The van der Waals surface area contributed by atoms with Crippen LogP contribution < -0.4 is 10.6 Å². The molecule has 0 saturated heterocycles. The fraction of sp³-hybridized carbons (Fsp3) is 0.100. The number of pyridine rings is 1. The molecule has 0 saturated carbocycles. The van der Waals surface area contributed by atoms with Crippen LogP contribution in [-0.4, -0.2) is 10.9 Å². The molecule has 0 spiro atoms. The van der Waals surface area contributed by atoms with Gasteiger partial charge in [0.05, 0.1) is 17.4 Å². The van der Waals surface area contributed by atoms with Crippen molar-refractivity contribution in [2.45, 2.75) is 13.5 Å². The molecule has 25 heavy (non-hydrogen) atoms. The molecule has 0 bridgehead atoms. The van der Waals surface area contributed by atoms with Crippen molar-refractivity contribution in [3.8, 4) is 0 Å². The normalized spacial score (nSPS) is 10.3. The lowest BCUT2D eigenvalue weighted by molar-refractivity contribution is 0.0950. The average Bonchev–Trinajstić information content (AvgIpc) is 2.63. The first-order valence-corrected chi connectivity index (χ1v) is 8.29. The van der Waals surface area contributed by atoms with E-state index in [0.29, 0.717) is 17.1 Å². The van der Waals surface area contributed by atoms with Crippen molar-refractivity contribution in [2.24, 2.45) is 0 Å². The number of benzene rings is 2. The van der Waals surface area contributed by atoms with E-state index in [2.05, 4.69) is 15.6 Å². The molecule has 126 valence electrons. The monoisotopic (exact) mass is 351 g/mol. The number of aromatic nitrogens is 1. The van der Waals surface area contributed by atoms with E-state index >= 15 is 0 Å². The number of amides is 1. The zero-order valence-electron chi connectivity index (χ0n) is 13.8. The molecule has 0 aliphatic rings. The smallest absolute Gasteiger partial charge is 0.253 e. The number of nitrogens with one attached hydrogen (secondary N) is 2. The van der Waals surface area contributed by atoms with Crippen LogP contribution in [0.5, 0.6) is 0 Å². The number of hydrogen-bond donors (Lipinski definition) is 2. The van der Waals surface area contributed by atoms with Gasteiger partial charge in [-0.05, 0) is 42.8 Å². The van der Waals surface area contributed by atoms with Crippen molar-refractivity contribution in [3.63, 3.8) is 0 Å². The van der Waals surface area contributed by atoms with E-state index in [0.717, 1.165) is 16.9 Å². The molecule has 1 heterocycles. The third kappa shape index (κ3) is 4.81. The van der Waals surface area contributed by atoms with Gasteiger partial charge >= 0.3 is 0 Å². The summed E-state index contributed by atoms with van der Waals surface area (Å²) in [4.78, 5) is 16.5. The van der Waals surface area contributed by atoms with E-state index in [4.69, 9.17) is 11.6 Å². The third-order valence-corrected chi connectivity index (χ3v) is 3.96. The van der Waals surface area contributed by atoms with Gasteiger partial charge in [-0.2, -0.15) is 0 Å². The number of hydrogen-bond acceptors (Lipinski definition) is 3. The van der Waals surface area contributed by atoms with Crippen LogP contribution in [0.1, 0.15) is 21.5 Å². The molecule has 5 heteroatoms. The summed E-state index contributed by atoms with van der Waals surface area (Å²) in [5, 5.41) is 6.79. The Balaban J connectivity index is 1.64. The van der Waals surface area contributed by atoms with Crippen molar-refractivity contribution in [1.29, 1.82) is 0 Å². The summed E-state index contributed by atoms with van der Waals surface area (Å²) in [6, 6.07) is 17.2. The van der Waals surface area contributed by atoms with Gasteiger partial charge in [0, 0.05) is 23.5 Å². The molecule has 3 rings (SSSR count). The highest BCUT2D eigenvalue weighted by Crippen LogP contribution is 2.19. The van der Waals surface area contributed by atoms with E-state index in [1.807, 2.05) is 43.3 Å². The fourth-order valence-corrected chi connectivity index (χ4v) is 2.45. The van der Waals surface area contributed by atoms with Crippen LogP contribution in [0.15, 0.2) is 67.0 Å². The molecule has 0 fully saturated rings. The lowest BCUT2D eigenvalue weighted by Gasteiger charge is -2.09. The number of carbonyl (C=O) groups is 1. The van der Waals surface area contributed by atoms with Crippen molar-refractivity contribution >= 4 is 28.9 Å². The van der Waals surface area contributed by atoms with Crippen LogP contribution in [0.3, 0.4) is 0 Å². The molecule has 4 nitrogen and oxygen atoms in total. The summed E-state index contributed by atoms with van der Waals surface area (Å²) < 4.78 is 0. The molecule has 2 N–H and O–H groups in total. The minimum absolute atomic E-state index is 0.159. The Bertz CT molecular complexity index is 861. The fourth-order valence-electron chi connectivity index (χ4n) is 2.32. The minimum atomic E-state index is -0.159. The van der Waals surface area contributed by atoms with Crippen LogP contribution in [0.2, 0.25) is 5.02 Å². The maximum Gasteiger partial charge on any atom is 0.253 e. The van der Waals surface area contributed by atoms with Crippen LogP contribution in [0, 0.1) is 6.92 Å². The highest BCUT2D eigenvalue weighted by atomic mass is 35.5. The number of rotatable bonds is 5. The first kappa shape index (κ1) is 17.0. The Morgan fingerprint density at radius 2 is 1.72 bits per heavy atom. The summed E-state index contributed by atoms with van der Waals surface area (Å²) in [5.41, 5.74) is 4.38. The number of aryl methyl sites for hydroxylation is 1. The van der Waals surface area contributed by atoms with Crippen molar-refractivity contribution in [1.82, 2.24) is 10.3 Å². The molecule has 0 atom stereocenters. The van der Waals surface area contributed by atoms with Crippen molar-refractivity contribution in [2.75, 3.05) is 5.32 Å². The van der Waals surface area contributed by atoms with Gasteiger partial charge in [0.2, 0.25) is 0 Å². The third-order valence-electron chi connectivity index (χ3n) is 3.71. The van der Waals surface area contributed by atoms with E-state index in [1.54, 1.807) is 30.6 Å². The molecule has 0 radical (unpaired) electrons. The van der Waals surface area contributed by atoms with E-state index in [9.17, 15) is 4.79 Å². The van der Waals surface area contributed by atoms with Crippen molar-refractivity contribution in [3.05, 3.63) is 88.7 Å². The second-order valence-corrected chi connectivity index (χ2v) is 6.20. The standard InChI is InChI=1S/C20H18ClN3O/c1-14-2-4-15(5-3-14)11-23-20(25)16-10-19(13-22-12-16)24-18-8-6-17(21)7-9-18/h2-10,12-13,24H,11H2,1H3,(H,23,25). The van der Waals surface area contributed by atoms with Gasteiger partial charge in [-0.3, -0.25) is 9.78 Å². The Morgan fingerprint density at radius 1 is 1.00 bits per heavy atom. The number of anilines is 2. The van der Waals surface area contributed by atoms with Crippen LogP contribution >= 0.6 is 11.6 Å². The van der Waals surface area contributed by atoms with Crippen LogP contribution in [0.4, 0.5) is 11.4 Å². The van der Waals surface area contributed by atoms with Gasteiger partial charge in [-0.25, -0.2) is 0 Å². The molecule has 1 amide bonds. The van der Waals surface area contributed by atoms with Gasteiger partial charge in [-0.15, -0.1) is 0 Å². The molecular weight excluding hydrogens is 334 g/mol. The Kier molecular flexibility index (Phi) is 5.31. The highest BCUT2D eigenvalue weighted by Gasteiger charge is 2.07. The lowest BCUT2D eigenvalue weighted by Crippen LogP contribution is -2.23. The second-order valence-electron chi connectivity index (χ2n) is 5.76. The largest absolute Gasteiger partial charge is 0.354 e. The number of halogens is 1. The van der Waals surface area contributed by atoms with E-state index < -0.39 is 0 Å². The number of nitrogens with zero attached hydrogens (tertiary/aromatic N) is 1. The molecule has 0 unspecified atom stereocenters. The maximum atomic E-state index is 12.3. The zero-order valence-corrected chi connectivity index (χ0v) is 14.5. The SMILES string of the molecule is Cc1ccc(CNC(=O)c2cncc(Nc3ccc(Cl)cc3)c2)cc1. The Hall–Kier alpha value is -2.85. The quantitative estimate of drug-likeness (QED) is 0.699. The first-order valence-electron chi connectivity index (χ1n) is 7.91. The number of carbonyl (C=O) groups excluding carboxylic acids is 1. The molecule has 0 aliphatic carbocycles. The maximum absolute atomic E-state index is 12.3. The summed E-state index contributed by atoms with van der Waals surface area (Å²) >= 11 is 5.88. The topological polar surface area (TPSA) is 54.0 Å². The minimum Gasteiger partial charge on any atom is -0.354 e. The van der Waals surface area contributed by atoms with Gasteiger partial charge in [-0.1, -0.05) is 41.4 Å². The van der Waals surface area contributed by atoms with E-state index in [-0.39, 0.29) is 5.91 Å². The van der Waals surface area contributed by atoms with Gasteiger partial charge in [0.25, 0.3) is 5.91 Å². The molecule has 1 aromatic heterocycles. The predicted molar refractivity (Wildman–Crippen MR) is 101 cm³/mol. The van der Waals surface area contributed by atoms with Gasteiger partial charge in [0.15, 0.2) is 0 Å². The van der Waals surface area contributed by atoms with Crippen molar-refractivity contribution < 1.29 is 4.79 Å². The highest BCUT2D eigenvalue weighted by molar-refractivity contribution is 6.30. The average molecular weight is 352 g/mol. The molecule has 3 aromatic rings. The molecular formula is C20H18ClN3O. The molecule has 2 aromatic carbocycles. The van der Waals surface area contributed by atoms with Crippen LogP contribution in [0.25, 0.3) is 0 Å². The Morgan fingerprint density at radius 3 is 2.44 bits per heavy atom. The Labute approximate surface area is 151 Å². The zero-order chi connectivity index (χ0) is 17.6. The predicted octanol–water partition coefficient (Wildman–Crippen LogP) is 4.72. The van der Waals surface area contributed by atoms with Gasteiger partial charge < -0.3 is 10.6 Å². The van der Waals surface area contributed by atoms with Gasteiger partial charge in [0.1, 0.15) is 0 Å². The summed E-state index contributed by atoms with van der Waals surface area (Å²) in [6.07, 6.45) is 3.23. The summed E-state index contributed by atoms with van der Waals surface area (Å²) in [5.74, 6) is -0.159. The van der Waals surface area contributed by atoms with Crippen LogP contribution in [-0.2, 0) is 6.54 Å². The molecule has 0 aliphatic heterocycles. The first-order chi connectivity index (χ1) is 12.1. The second kappa shape index (κ2) is 7.81. The summed E-state index contributed by atoms with van der Waals surface area (Å²) in [7, 11) is 0. The lowest BCUT2D eigenvalue weighted by atomic mass is 10.1.